The number of nitrogens with one attached hydrogen (secondary N) is 1. The van der Waals surface area contributed by atoms with Crippen LogP contribution in [0.2, 0.25) is 5.02 Å². The van der Waals surface area contributed by atoms with Crippen LogP contribution in [0.3, 0.4) is 0 Å². The van der Waals surface area contributed by atoms with Crippen LogP contribution in [0, 0.1) is 6.92 Å². The Morgan fingerprint density at radius 2 is 2.05 bits per heavy atom. The minimum Gasteiger partial charge on any atom is -0.487 e. The average molecular weight is 302 g/mol. The van der Waals surface area contributed by atoms with E-state index in [1.54, 1.807) is 0 Å². The van der Waals surface area contributed by atoms with E-state index in [2.05, 4.69) is 36.5 Å². The molecule has 1 N–H and O–H groups in total. The Balaban J connectivity index is 1.76. The molecular formula is C18H20ClNO. The molecule has 110 valence electrons. The van der Waals surface area contributed by atoms with Crippen LogP contribution in [0.1, 0.15) is 29.0 Å². The minimum absolute atomic E-state index is 0.547. The van der Waals surface area contributed by atoms with Crippen molar-refractivity contribution in [1.82, 2.24) is 5.32 Å². The summed E-state index contributed by atoms with van der Waals surface area (Å²) in [5.74, 6) is 1.37. The van der Waals surface area contributed by atoms with Gasteiger partial charge in [0.15, 0.2) is 0 Å². The topological polar surface area (TPSA) is 21.3 Å². The molecule has 3 heteroatoms. The third-order valence-corrected chi connectivity index (χ3v) is 4.29. The standard InChI is InChI=1S/C18H20ClNO/c1-13-9-16(15-7-8-20-11-15)10-17(19)18(13)21-12-14-5-3-2-4-6-14/h2-6,9-10,15,20H,7-8,11-12H2,1H3. The third-order valence-electron chi connectivity index (χ3n) is 4.01. The summed E-state index contributed by atoms with van der Waals surface area (Å²) in [6.45, 7) is 4.75. The predicted octanol–water partition coefficient (Wildman–Crippen LogP) is 4.30. The van der Waals surface area contributed by atoms with Gasteiger partial charge >= 0.3 is 0 Å². The molecule has 0 radical (unpaired) electrons. The van der Waals surface area contributed by atoms with E-state index in [0.717, 1.165) is 30.0 Å². The zero-order valence-corrected chi connectivity index (χ0v) is 13.0. The molecule has 0 amide bonds. The number of halogens is 1. The highest BCUT2D eigenvalue weighted by atomic mass is 35.5. The average Bonchev–Trinajstić information content (AvgIpc) is 3.01. The normalized spacial score (nSPS) is 17.9. The summed E-state index contributed by atoms with van der Waals surface area (Å²) in [5.41, 5.74) is 3.58. The molecule has 2 nitrogen and oxygen atoms in total. The molecule has 0 spiro atoms. The molecule has 0 bridgehead atoms. The number of rotatable bonds is 4. The Morgan fingerprint density at radius 1 is 1.24 bits per heavy atom. The van der Waals surface area contributed by atoms with Crippen molar-refractivity contribution >= 4 is 11.6 Å². The fraction of sp³-hybridized carbons (Fsp3) is 0.333. The molecule has 1 atom stereocenters. The number of ether oxygens (including phenoxy) is 1. The van der Waals surface area contributed by atoms with Crippen LogP contribution in [0.5, 0.6) is 5.75 Å². The van der Waals surface area contributed by atoms with E-state index in [9.17, 15) is 0 Å². The molecule has 1 saturated heterocycles. The van der Waals surface area contributed by atoms with Gasteiger partial charge in [0, 0.05) is 6.54 Å². The first-order valence-corrected chi connectivity index (χ1v) is 7.79. The molecule has 0 aromatic heterocycles. The molecule has 0 aliphatic carbocycles. The van der Waals surface area contributed by atoms with Crippen molar-refractivity contribution in [2.75, 3.05) is 13.1 Å². The molecule has 21 heavy (non-hydrogen) atoms. The Kier molecular flexibility index (Phi) is 4.47. The van der Waals surface area contributed by atoms with Crippen molar-refractivity contribution in [2.24, 2.45) is 0 Å². The summed E-state index contributed by atoms with van der Waals surface area (Å²) in [7, 11) is 0. The van der Waals surface area contributed by atoms with Crippen LogP contribution >= 0.6 is 11.6 Å². The largest absolute Gasteiger partial charge is 0.487 e. The van der Waals surface area contributed by atoms with Gasteiger partial charge in [-0.05, 0) is 48.6 Å². The summed E-state index contributed by atoms with van der Waals surface area (Å²) >= 11 is 6.43. The molecule has 1 aliphatic rings. The quantitative estimate of drug-likeness (QED) is 0.909. The monoisotopic (exact) mass is 301 g/mol. The zero-order valence-electron chi connectivity index (χ0n) is 12.2. The van der Waals surface area contributed by atoms with E-state index in [4.69, 9.17) is 16.3 Å². The van der Waals surface area contributed by atoms with E-state index in [1.807, 2.05) is 18.2 Å². The lowest BCUT2D eigenvalue weighted by Gasteiger charge is -2.15. The van der Waals surface area contributed by atoms with Gasteiger partial charge in [0.05, 0.1) is 5.02 Å². The summed E-state index contributed by atoms with van der Waals surface area (Å²) in [6, 6.07) is 14.4. The maximum absolute atomic E-state index is 6.43. The maximum Gasteiger partial charge on any atom is 0.141 e. The van der Waals surface area contributed by atoms with Gasteiger partial charge in [0.1, 0.15) is 12.4 Å². The summed E-state index contributed by atoms with van der Waals surface area (Å²) in [6.07, 6.45) is 1.18. The van der Waals surface area contributed by atoms with Crippen molar-refractivity contribution < 1.29 is 4.74 Å². The van der Waals surface area contributed by atoms with Gasteiger partial charge in [-0.15, -0.1) is 0 Å². The fourth-order valence-corrected chi connectivity index (χ4v) is 3.17. The lowest BCUT2D eigenvalue weighted by molar-refractivity contribution is 0.304. The van der Waals surface area contributed by atoms with Crippen LogP contribution in [0.15, 0.2) is 42.5 Å². The first-order valence-electron chi connectivity index (χ1n) is 7.41. The second-order valence-electron chi connectivity index (χ2n) is 5.61. The first-order chi connectivity index (χ1) is 10.2. The van der Waals surface area contributed by atoms with Gasteiger partial charge < -0.3 is 10.1 Å². The van der Waals surface area contributed by atoms with Crippen molar-refractivity contribution in [3.8, 4) is 5.75 Å². The molecule has 1 heterocycles. The second-order valence-corrected chi connectivity index (χ2v) is 6.02. The van der Waals surface area contributed by atoms with E-state index < -0.39 is 0 Å². The SMILES string of the molecule is Cc1cc(C2CCNC2)cc(Cl)c1OCc1ccccc1. The first kappa shape index (κ1) is 14.4. The second kappa shape index (κ2) is 6.50. The lowest BCUT2D eigenvalue weighted by atomic mass is 9.96. The van der Waals surface area contributed by atoms with Gasteiger partial charge in [0.2, 0.25) is 0 Å². The van der Waals surface area contributed by atoms with Gasteiger partial charge in [-0.3, -0.25) is 0 Å². The van der Waals surface area contributed by atoms with Crippen LogP contribution in [0.25, 0.3) is 0 Å². The van der Waals surface area contributed by atoms with Crippen LogP contribution in [-0.2, 0) is 6.61 Å². The molecule has 1 aliphatic heterocycles. The molecule has 0 saturated carbocycles. The number of benzene rings is 2. The van der Waals surface area contributed by atoms with Crippen LogP contribution in [-0.4, -0.2) is 13.1 Å². The zero-order chi connectivity index (χ0) is 14.7. The highest BCUT2D eigenvalue weighted by molar-refractivity contribution is 6.32. The number of hydrogen-bond acceptors (Lipinski definition) is 2. The summed E-state index contributed by atoms with van der Waals surface area (Å²) < 4.78 is 5.92. The van der Waals surface area contributed by atoms with E-state index in [-0.39, 0.29) is 0 Å². The Hall–Kier alpha value is -1.51. The molecule has 2 aromatic carbocycles. The van der Waals surface area contributed by atoms with Gasteiger partial charge in [-0.25, -0.2) is 0 Å². The van der Waals surface area contributed by atoms with Gasteiger partial charge in [-0.1, -0.05) is 48.0 Å². The molecule has 1 fully saturated rings. The number of hydrogen-bond donors (Lipinski definition) is 1. The maximum atomic E-state index is 6.43. The van der Waals surface area contributed by atoms with Crippen LogP contribution < -0.4 is 10.1 Å². The highest BCUT2D eigenvalue weighted by Crippen LogP contribution is 2.34. The highest BCUT2D eigenvalue weighted by Gasteiger charge is 2.19. The predicted molar refractivity (Wildman–Crippen MR) is 87.2 cm³/mol. The Labute approximate surface area is 131 Å². The third kappa shape index (κ3) is 3.39. The molecule has 3 rings (SSSR count). The van der Waals surface area contributed by atoms with Gasteiger partial charge in [-0.2, -0.15) is 0 Å². The fourth-order valence-electron chi connectivity index (χ4n) is 2.84. The number of aryl methyl sites for hydroxylation is 1. The van der Waals surface area contributed by atoms with Crippen LogP contribution in [0.4, 0.5) is 0 Å². The molecule has 1 unspecified atom stereocenters. The summed E-state index contributed by atoms with van der Waals surface area (Å²) in [4.78, 5) is 0. The minimum atomic E-state index is 0.547. The Bertz CT molecular complexity index is 583. The van der Waals surface area contributed by atoms with E-state index >= 15 is 0 Å². The van der Waals surface area contributed by atoms with Crippen molar-refractivity contribution in [3.63, 3.8) is 0 Å². The molecule has 2 aromatic rings. The van der Waals surface area contributed by atoms with Crippen molar-refractivity contribution in [1.29, 1.82) is 0 Å². The molecular weight excluding hydrogens is 282 g/mol. The van der Waals surface area contributed by atoms with Gasteiger partial charge in [0.25, 0.3) is 0 Å². The van der Waals surface area contributed by atoms with E-state index in [1.165, 1.54) is 12.0 Å². The van der Waals surface area contributed by atoms with Crippen molar-refractivity contribution in [3.05, 3.63) is 64.2 Å². The van der Waals surface area contributed by atoms with E-state index in [0.29, 0.717) is 17.5 Å². The lowest BCUT2D eigenvalue weighted by Crippen LogP contribution is -2.08. The smallest absolute Gasteiger partial charge is 0.141 e. The summed E-state index contributed by atoms with van der Waals surface area (Å²) in [5, 5.41) is 4.11. The Morgan fingerprint density at radius 3 is 2.71 bits per heavy atom. The van der Waals surface area contributed by atoms with Crippen molar-refractivity contribution in [2.45, 2.75) is 25.9 Å².